The number of anilines is 1. The zero-order valence-corrected chi connectivity index (χ0v) is 14.5. The van der Waals surface area contributed by atoms with Crippen LogP contribution in [0.2, 0.25) is 0 Å². The summed E-state index contributed by atoms with van der Waals surface area (Å²) in [5.74, 6) is 1.39. The molecule has 1 aromatic heterocycles. The molecule has 3 rings (SSSR count). The number of rotatable bonds is 5. The van der Waals surface area contributed by atoms with Crippen LogP contribution in [-0.4, -0.2) is 40.5 Å². The van der Waals surface area contributed by atoms with E-state index in [1.807, 2.05) is 13.8 Å². The Morgan fingerprint density at radius 3 is 2.76 bits per heavy atom. The van der Waals surface area contributed by atoms with Crippen molar-refractivity contribution in [3.05, 3.63) is 41.2 Å². The number of amides is 1. The van der Waals surface area contributed by atoms with Crippen molar-refractivity contribution in [2.24, 2.45) is 0 Å². The molecule has 1 aromatic carbocycles. The fraction of sp³-hybridized carbons (Fsp3) is 0.389. The van der Waals surface area contributed by atoms with Gasteiger partial charge in [0, 0.05) is 18.3 Å². The lowest BCUT2D eigenvalue weighted by molar-refractivity contribution is 0.0731. The molecule has 7 nitrogen and oxygen atoms in total. The SMILES string of the molecule is CCOc1ccc(C(=O)N2CCc3cnc(N)nc3C2)cc1OCC. The summed E-state index contributed by atoms with van der Waals surface area (Å²) in [5.41, 5.74) is 8.07. The molecule has 1 aliphatic heterocycles. The van der Waals surface area contributed by atoms with Crippen LogP contribution >= 0.6 is 0 Å². The van der Waals surface area contributed by atoms with Crippen LogP contribution in [0, 0.1) is 0 Å². The molecule has 0 fully saturated rings. The molecule has 132 valence electrons. The van der Waals surface area contributed by atoms with Gasteiger partial charge in [-0.05, 0) is 44.0 Å². The number of benzene rings is 1. The van der Waals surface area contributed by atoms with Gasteiger partial charge in [0.25, 0.3) is 5.91 Å². The molecule has 0 spiro atoms. The van der Waals surface area contributed by atoms with Crippen molar-refractivity contribution < 1.29 is 14.3 Å². The van der Waals surface area contributed by atoms with E-state index >= 15 is 0 Å². The van der Waals surface area contributed by atoms with E-state index in [0.29, 0.717) is 43.4 Å². The molecule has 1 aliphatic rings. The Labute approximate surface area is 146 Å². The van der Waals surface area contributed by atoms with Crippen LogP contribution < -0.4 is 15.2 Å². The third-order valence-corrected chi connectivity index (χ3v) is 4.04. The van der Waals surface area contributed by atoms with Crippen molar-refractivity contribution in [1.29, 1.82) is 0 Å². The summed E-state index contributed by atoms with van der Waals surface area (Å²) in [5, 5.41) is 0. The number of fused-ring (bicyclic) bond motifs is 1. The van der Waals surface area contributed by atoms with Crippen LogP contribution in [0.15, 0.2) is 24.4 Å². The maximum atomic E-state index is 12.9. The predicted octanol–water partition coefficient (Wildman–Crippen LogP) is 2.05. The van der Waals surface area contributed by atoms with Crippen molar-refractivity contribution in [3.63, 3.8) is 0 Å². The topological polar surface area (TPSA) is 90.6 Å². The number of nitrogens with zero attached hydrogens (tertiary/aromatic N) is 3. The Hall–Kier alpha value is -2.83. The number of aromatic nitrogens is 2. The lowest BCUT2D eigenvalue weighted by Gasteiger charge is -2.28. The highest BCUT2D eigenvalue weighted by molar-refractivity contribution is 5.95. The number of hydrogen-bond acceptors (Lipinski definition) is 6. The van der Waals surface area contributed by atoms with E-state index in [2.05, 4.69) is 9.97 Å². The van der Waals surface area contributed by atoms with Gasteiger partial charge in [0.1, 0.15) is 0 Å². The highest BCUT2D eigenvalue weighted by Crippen LogP contribution is 2.29. The van der Waals surface area contributed by atoms with E-state index in [1.165, 1.54) is 0 Å². The standard InChI is InChI=1S/C18H22N4O3/c1-3-24-15-6-5-12(9-16(15)25-4-2)17(23)22-8-7-13-10-20-18(19)21-14(13)11-22/h5-6,9-10H,3-4,7-8,11H2,1-2H3,(H2,19,20,21). The first-order valence-electron chi connectivity index (χ1n) is 8.41. The van der Waals surface area contributed by atoms with Gasteiger partial charge in [-0.3, -0.25) is 4.79 Å². The number of ether oxygens (including phenoxy) is 2. The molecular weight excluding hydrogens is 320 g/mol. The number of hydrogen-bond donors (Lipinski definition) is 1. The van der Waals surface area contributed by atoms with Gasteiger partial charge in [-0.25, -0.2) is 9.97 Å². The van der Waals surface area contributed by atoms with Crippen LogP contribution in [0.5, 0.6) is 11.5 Å². The molecular formula is C18H22N4O3. The Bertz CT molecular complexity index is 779. The molecule has 0 saturated heterocycles. The molecule has 25 heavy (non-hydrogen) atoms. The quantitative estimate of drug-likeness (QED) is 0.894. The van der Waals surface area contributed by atoms with Crippen molar-refractivity contribution in [2.45, 2.75) is 26.8 Å². The normalized spacial score (nSPS) is 13.3. The fourth-order valence-electron chi connectivity index (χ4n) is 2.86. The fourth-order valence-corrected chi connectivity index (χ4v) is 2.86. The van der Waals surface area contributed by atoms with Gasteiger partial charge in [0.2, 0.25) is 5.95 Å². The first kappa shape index (κ1) is 17.0. The maximum absolute atomic E-state index is 12.9. The molecule has 2 N–H and O–H groups in total. The smallest absolute Gasteiger partial charge is 0.254 e. The average Bonchev–Trinajstić information content (AvgIpc) is 2.62. The molecule has 0 saturated carbocycles. The van der Waals surface area contributed by atoms with E-state index in [0.717, 1.165) is 17.7 Å². The van der Waals surface area contributed by atoms with Crippen LogP contribution in [0.4, 0.5) is 5.95 Å². The summed E-state index contributed by atoms with van der Waals surface area (Å²) in [6.07, 6.45) is 2.46. The lowest BCUT2D eigenvalue weighted by atomic mass is 10.1. The van der Waals surface area contributed by atoms with Crippen molar-refractivity contribution in [3.8, 4) is 11.5 Å². The Balaban J connectivity index is 1.82. The van der Waals surface area contributed by atoms with Gasteiger partial charge in [-0.1, -0.05) is 0 Å². The van der Waals surface area contributed by atoms with E-state index < -0.39 is 0 Å². The van der Waals surface area contributed by atoms with E-state index in [4.69, 9.17) is 15.2 Å². The third kappa shape index (κ3) is 3.65. The Morgan fingerprint density at radius 1 is 1.24 bits per heavy atom. The summed E-state index contributed by atoms with van der Waals surface area (Å²) < 4.78 is 11.2. The summed E-state index contributed by atoms with van der Waals surface area (Å²) >= 11 is 0. The summed E-state index contributed by atoms with van der Waals surface area (Å²) in [6.45, 7) is 5.90. The lowest BCUT2D eigenvalue weighted by Crippen LogP contribution is -2.36. The van der Waals surface area contributed by atoms with Crippen molar-refractivity contribution in [2.75, 3.05) is 25.5 Å². The Kier molecular flexibility index (Phi) is 5.02. The van der Waals surface area contributed by atoms with Crippen LogP contribution in [0.25, 0.3) is 0 Å². The second kappa shape index (κ2) is 7.38. The predicted molar refractivity (Wildman–Crippen MR) is 93.7 cm³/mol. The van der Waals surface area contributed by atoms with Crippen molar-refractivity contribution in [1.82, 2.24) is 14.9 Å². The van der Waals surface area contributed by atoms with Crippen LogP contribution in [-0.2, 0) is 13.0 Å². The minimum atomic E-state index is -0.0631. The maximum Gasteiger partial charge on any atom is 0.254 e. The molecule has 1 amide bonds. The van der Waals surface area contributed by atoms with E-state index in [1.54, 1.807) is 29.3 Å². The Morgan fingerprint density at radius 2 is 2.00 bits per heavy atom. The number of nitrogen functional groups attached to an aromatic ring is 1. The van der Waals surface area contributed by atoms with Crippen LogP contribution in [0.1, 0.15) is 35.5 Å². The first-order chi connectivity index (χ1) is 12.1. The minimum Gasteiger partial charge on any atom is -0.490 e. The van der Waals surface area contributed by atoms with Gasteiger partial charge >= 0.3 is 0 Å². The monoisotopic (exact) mass is 342 g/mol. The van der Waals surface area contributed by atoms with Crippen molar-refractivity contribution >= 4 is 11.9 Å². The van der Waals surface area contributed by atoms with Crippen LogP contribution in [0.3, 0.4) is 0 Å². The molecule has 0 bridgehead atoms. The number of nitrogens with two attached hydrogens (primary N) is 1. The summed E-state index contributed by atoms with van der Waals surface area (Å²) in [6, 6.07) is 5.28. The van der Waals surface area contributed by atoms with Gasteiger partial charge in [0.05, 0.1) is 25.5 Å². The van der Waals surface area contributed by atoms with E-state index in [9.17, 15) is 4.79 Å². The zero-order valence-electron chi connectivity index (χ0n) is 14.5. The van der Waals surface area contributed by atoms with E-state index in [-0.39, 0.29) is 11.9 Å². The molecule has 0 unspecified atom stereocenters. The zero-order chi connectivity index (χ0) is 17.8. The molecule has 7 heteroatoms. The third-order valence-electron chi connectivity index (χ3n) is 4.04. The molecule has 0 aliphatic carbocycles. The molecule has 2 aromatic rings. The number of carbonyl (C=O) groups is 1. The summed E-state index contributed by atoms with van der Waals surface area (Å²) in [4.78, 5) is 22.9. The van der Waals surface area contributed by atoms with Gasteiger partial charge in [0.15, 0.2) is 11.5 Å². The average molecular weight is 342 g/mol. The highest BCUT2D eigenvalue weighted by Gasteiger charge is 2.24. The summed E-state index contributed by atoms with van der Waals surface area (Å²) in [7, 11) is 0. The van der Waals surface area contributed by atoms with Gasteiger partial charge in [-0.2, -0.15) is 0 Å². The van der Waals surface area contributed by atoms with Gasteiger partial charge < -0.3 is 20.1 Å². The second-order valence-electron chi connectivity index (χ2n) is 5.70. The largest absolute Gasteiger partial charge is 0.490 e. The molecule has 2 heterocycles. The highest BCUT2D eigenvalue weighted by atomic mass is 16.5. The number of carbonyl (C=O) groups excluding carboxylic acids is 1. The first-order valence-corrected chi connectivity index (χ1v) is 8.41. The molecule has 0 atom stereocenters. The second-order valence-corrected chi connectivity index (χ2v) is 5.70. The van der Waals surface area contributed by atoms with Gasteiger partial charge in [-0.15, -0.1) is 0 Å². The minimum absolute atomic E-state index is 0.0631. The molecule has 0 radical (unpaired) electrons.